The van der Waals surface area contributed by atoms with Crippen molar-refractivity contribution in [1.29, 1.82) is 0 Å². The van der Waals surface area contributed by atoms with Crippen LogP contribution in [-0.2, 0) is 4.74 Å². The molecule has 0 aromatic heterocycles. The molecule has 0 saturated heterocycles. The Morgan fingerprint density at radius 1 is 0.800 bits per heavy atom. The van der Waals surface area contributed by atoms with Crippen molar-refractivity contribution >= 4 is 0 Å². The van der Waals surface area contributed by atoms with E-state index in [9.17, 15) is 39.5 Å². The molecular weight excluding hydrogens is 247 g/mol. The summed E-state index contributed by atoms with van der Waals surface area (Å²) in [7, 11) is 0. The summed E-state index contributed by atoms with van der Waals surface area (Å²) in [5, 5.41) is 0. The first-order valence-electron chi connectivity index (χ1n) is 3.19. The van der Waals surface area contributed by atoms with E-state index in [1.807, 2.05) is 0 Å². The molecular formula is C5H3F9O. The first-order valence-corrected chi connectivity index (χ1v) is 3.19. The van der Waals surface area contributed by atoms with Gasteiger partial charge in [-0.2, -0.15) is 26.3 Å². The van der Waals surface area contributed by atoms with Crippen molar-refractivity contribution in [3.63, 3.8) is 0 Å². The SMILES string of the molecule is FC(F)(F)CC(OC(F)(F)F)C(F)(F)F. The molecule has 0 saturated carbocycles. The first-order chi connectivity index (χ1) is 6.31. The molecule has 0 heterocycles. The summed E-state index contributed by atoms with van der Waals surface area (Å²) in [4.78, 5) is 0. The van der Waals surface area contributed by atoms with Crippen LogP contribution in [0.4, 0.5) is 39.5 Å². The van der Waals surface area contributed by atoms with Crippen molar-refractivity contribution in [2.45, 2.75) is 31.2 Å². The van der Waals surface area contributed by atoms with E-state index < -0.39 is 31.2 Å². The van der Waals surface area contributed by atoms with Crippen molar-refractivity contribution in [3.8, 4) is 0 Å². The van der Waals surface area contributed by atoms with Crippen molar-refractivity contribution in [2.75, 3.05) is 0 Å². The Balaban J connectivity index is 4.62. The molecule has 1 unspecified atom stereocenters. The van der Waals surface area contributed by atoms with Crippen LogP contribution in [0.3, 0.4) is 0 Å². The van der Waals surface area contributed by atoms with Gasteiger partial charge in [0.25, 0.3) is 0 Å². The second-order valence-corrected chi connectivity index (χ2v) is 2.41. The Labute approximate surface area is 76.8 Å². The minimum Gasteiger partial charge on any atom is -0.279 e. The molecule has 1 atom stereocenters. The fourth-order valence-corrected chi connectivity index (χ4v) is 0.596. The van der Waals surface area contributed by atoms with Crippen molar-refractivity contribution in [3.05, 3.63) is 0 Å². The number of alkyl halides is 9. The van der Waals surface area contributed by atoms with Gasteiger partial charge in [-0.25, -0.2) is 0 Å². The highest BCUT2D eigenvalue weighted by atomic mass is 19.4. The molecule has 0 aromatic rings. The maximum atomic E-state index is 11.7. The molecule has 0 rings (SSSR count). The smallest absolute Gasteiger partial charge is 0.279 e. The second-order valence-electron chi connectivity index (χ2n) is 2.41. The topological polar surface area (TPSA) is 9.23 Å². The van der Waals surface area contributed by atoms with Crippen molar-refractivity contribution in [1.82, 2.24) is 0 Å². The van der Waals surface area contributed by atoms with Gasteiger partial charge in [0.05, 0.1) is 6.42 Å². The zero-order valence-corrected chi connectivity index (χ0v) is 6.59. The lowest BCUT2D eigenvalue weighted by Gasteiger charge is -2.22. The fourth-order valence-electron chi connectivity index (χ4n) is 0.596. The highest BCUT2D eigenvalue weighted by Crippen LogP contribution is 2.36. The van der Waals surface area contributed by atoms with E-state index in [4.69, 9.17) is 0 Å². The summed E-state index contributed by atoms with van der Waals surface area (Å²) in [5.74, 6) is 0. The van der Waals surface area contributed by atoms with Gasteiger partial charge in [0, 0.05) is 0 Å². The van der Waals surface area contributed by atoms with Gasteiger partial charge < -0.3 is 0 Å². The van der Waals surface area contributed by atoms with Gasteiger partial charge in [-0.1, -0.05) is 0 Å². The number of halogens is 9. The van der Waals surface area contributed by atoms with E-state index in [0.29, 0.717) is 0 Å². The maximum absolute atomic E-state index is 11.7. The molecule has 0 bridgehead atoms. The van der Waals surface area contributed by atoms with Crippen molar-refractivity contribution < 1.29 is 44.3 Å². The molecule has 0 fully saturated rings. The van der Waals surface area contributed by atoms with Crippen LogP contribution in [0.5, 0.6) is 0 Å². The largest absolute Gasteiger partial charge is 0.523 e. The van der Waals surface area contributed by atoms with Crippen LogP contribution in [0.2, 0.25) is 0 Å². The molecule has 0 radical (unpaired) electrons. The van der Waals surface area contributed by atoms with Gasteiger partial charge in [0.1, 0.15) is 0 Å². The Hall–Kier alpha value is -0.670. The minimum atomic E-state index is -5.77. The number of hydrogen-bond acceptors (Lipinski definition) is 1. The molecule has 0 N–H and O–H groups in total. The molecule has 0 spiro atoms. The van der Waals surface area contributed by atoms with Gasteiger partial charge in [-0.15, -0.1) is 13.2 Å². The highest BCUT2D eigenvalue weighted by Gasteiger charge is 2.52. The third kappa shape index (κ3) is 7.28. The maximum Gasteiger partial charge on any atom is 0.523 e. The van der Waals surface area contributed by atoms with Crippen LogP contribution in [0, 0.1) is 0 Å². The number of rotatable bonds is 2. The van der Waals surface area contributed by atoms with Crippen molar-refractivity contribution in [2.24, 2.45) is 0 Å². The van der Waals surface area contributed by atoms with Crippen LogP contribution in [0.15, 0.2) is 0 Å². The lowest BCUT2D eigenvalue weighted by molar-refractivity contribution is -0.388. The predicted octanol–water partition coefficient (Wildman–Crippen LogP) is 3.41. The van der Waals surface area contributed by atoms with Crippen LogP contribution in [0.25, 0.3) is 0 Å². The van der Waals surface area contributed by atoms with E-state index in [2.05, 4.69) is 4.74 Å². The Kier molecular flexibility index (Phi) is 3.88. The summed E-state index contributed by atoms with van der Waals surface area (Å²) in [6, 6.07) is 0. The van der Waals surface area contributed by atoms with Crippen LogP contribution < -0.4 is 0 Å². The molecule has 0 aliphatic heterocycles. The Bertz CT molecular complexity index is 182. The highest BCUT2D eigenvalue weighted by molar-refractivity contribution is 4.72. The summed E-state index contributed by atoms with van der Waals surface area (Å²) >= 11 is 0. The third-order valence-corrected chi connectivity index (χ3v) is 1.06. The van der Waals surface area contributed by atoms with E-state index in [1.54, 1.807) is 0 Å². The average Bonchev–Trinajstić information content (AvgIpc) is 1.75. The quantitative estimate of drug-likeness (QED) is 0.682. The van der Waals surface area contributed by atoms with Crippen LogP contribution in [-0.4, -0.2) is 24.8 Å². The summed E-state index contributed by atoms with van der Waals surface area (Å²) in [6.07, 6.45) is -23.6. The zero-order valence-electron chi connectivity index (χ0n) is 6.59. The standard InChI is InChI=1S/C5H3F9O/c6-3(7,8)1-2(4(9,10)11)15-5(12,13)14/h2H,1H2. The second kappa shape index (κ2) is 4.06. The minimum absolute atomic E-state index is 2.33. The number of hydrogen-bond donors (Lipinski definition) is 0. The normalized spacial score (nSPS) is 16.6. The van der Waals surface area contributed by atoms with E-state index in [1.165, 1.54) is 0 Å². The van der Waals surface area contributed by atoms with Gasteiger partial charge in [-0.3, -0.25) is 4.74 Å². The van der Waals surface area contributed by atoms with E-state index >= 15 is 0 Å². The lowest BCUT2D eigenvalue weighted by atomic mass is 10.2. The third-order valence-electron chi connectivity index (χ3n) is 1.06. The monoisotopic (exact) mass is 250 g/mol. The molecule has 0 aliphatic carbocycles. The Morgan fingerprint density at radius 3 is 1.40 bits per heavy atom. The fraction of sp³-hybridized carbons (Fsp3) is 1.00. The predicted molar refractivity (Wildman–Crippen MR) is 27.7 cm³/mol. The van der Waals surface area contributed by atoms with Gasteiger partial charge in [0.2, 0.25) is 0 Å². The number of ether oxygens (including phenoxy) is 1. The summed E-state index contributed by atoms with van der Waals surface area (Å²) in [5.41, 5.74) is 0. The summed E-state index contributed by atoms with van der Waals surface area (Å²) in [6.45, 7) is 0. The molecule has 0 aliphatic rings. The zero-order chi connectivity index (χ0) is 12.5. The van der Waals surface area contributed by atoms with Crippen LogP contribution in [0.1, 0.15) is 6.42 Å². The molecule has 0 aromatic carbocycles. The first kappa shape index (κ1) is 14.3. The van der Waals surface area contributed by atoms with Gasteiger partial charge >= 0.3 is 18.7 Å². The Morgan fingerprint density at radius 2 is 1.20 bits per heavy atom. The molecule has 15 heavy (non-hydrogen) atoms. The van der Waals surface area contributed by atoms with E-state index in [0.717, 1.165) is 0 Å². The van der Waals surface area contributed by atoms with Crippen LogP contribution >= 0.6 is 0 Å². The summed E-state index contributed by atoms with van der Waals surface area (Å²) < 4.78 is 106. The molecule has 10 heteroatoms. The molecule has 1 nitrogen and oxygen atoms in total. The molecule has 92 valence electrons. The average molecular weight is 250 g/mol. The van der Waals surface area contributed by atoms with E-state index in [-0.39, 0.29) is 0 Å². The van der Waals surface area contributed by atoms with Gasteiger partial charge in [0.15, 0.2) is 6.10 Å². The van der Waals surface area contributed by atoms with Gasteiger partial charge in [-0.05, 0) is 0 Å². The molecule has 0 amide bonds. The lowest BCUT2D eigenvalue weighted by Crippen LogP contribution is -2.39.